The average molecular weight is 357 g/mol. The van der Waals surface area contributed by atoms with E-state index in [1.807, 2.05) is 6.07 Å². The number of likely N-dealkylation sites (tertiary alicyclic amines) is 1. The summed E-state index contributed by atoms with van der Waals surface area (Å²) in [5.74, 6) is 0.0465. The molecule has 0 N–H and O–H groups in total. The Hall–Kier alpha value is -2.38. The maximum atomic E-state index is 12.8. The zero-order valence-electron chi connectivity index (χ0n) is 14.8. The van der Waals surface area contributed by atoms with Crippen molar-refractivity contribution in [2.45, 2.75) is 12.6 Å². The van der Waals surface area contributed by atoms with Crippen molar-refractivity contribution in [1.29, 1.82) is 0 Å². The summed E-state index contributed by atoms with van der Waals surface area (Å²) in [5.41, 5.74) is 1.11. The van der Waals surface area contributed by atoms with Crippen molar-refractivity contribution < 1.29 is 13.9 Å². The van der Waals surface area contributed by atoms with Crippen LogP contribution in [0.3, 0.4) is 0 Å². The Labute approximate surface area is 151 Å². The molecule has 4 rings (SSSR count). The second kappa shape index (κ2) is 7.09. The molecule has 2 aliphatic heterocycles. The second-order valence-corrected chi connectivity index (χ2v) is 7.08. The maximum Gasteiger partial charge on any atom is 0.263 e. The molecule has 7 heteroatoms. The Morgan fingerprint density at radius 1 is 1.27 bits per heavy atom. The van der Waals surface area contributed by atoms with Crippen molar-refractivity contribution in [1.82, 2.24) is 14.4 Å². The molecule has 0 bridgehead atoms. The fourth-order valence-corrected chi connectivity index (χ4v) is 3.84. The van der Waals surface area contributed by atoms with Crippen LogP contribution in [0, 0.1) is 5.92 Å². The summed E-state index contributed by atoms with van der Waals surface area (Å²) >= 11 is 0. The van der Waals surface area contributed by atoms with E-state index < -0.39 is 0 Å². The lowest BCUT2D eigenvalue weighted by Gasteiger charge is -2.22. The van der Waals surface area contributed by atoms with Crippen LogP contribution in [0.25, 0.3) is 0 Å². The van der Waals surface area contributed by atoms with Gasteiger partial charge in [0.15, 0.2) is 0 Å². The van der Waals surface area contributed by atoms with Gasteiger partial charge in [-0.3, -0.25) is 14.5 Å². The fourth-order valence-electron chi connectivity index (χ4n) is 3.84. The number of rotatable bonds is 3. The fraction of sp³-hybridized carbons (Fsp3) is 0.474. The van der Waals surface area contributed by atoms with E-state index in [4.69, 9.17) is 9.15 Å². The van der Waals surface area contributed by atoms with Crippen molar-refractivity contribution in [2.24, 2.45) is 13.0 Å². The number of hydrogen-bond acceptors (Lipinski definition) is 5. The Morgan fingerprint density at radius 2 is 2.15 bits per heavy atom. The van der Waals surface area contributed by atoms with Crippen LogP contribution in [-0.4, -0.2) is 59.2 Å². The van der Waals surface area contributed by atoms with E-state index in [1.165, 1.54) is 4.57 Å². The molecule has 0 aliphatic carbocycles. The molecule has 2 fully saturated rings. The number of hydrogen-bond donors (Lipinski definition) is 0. The first-order valence-corrected chi connectivity index (χ1v) is 8.92. The van der Waals surface area contributed by atoms with Gasteiger partial charge in [0.2, 0.25) is 0 Å². The second-order valence-electron chi connectivity index (χ2n) is 7.08. The molecule has 4 heterocycles. The highest BCUT2D eigenvalue weighted by Crippen LogP contribution is 2.25. The van der Waals surface area contributed by atoms with Gasteiger partial charge in [-0.25, -0.2) is 0 Å². The first kappa shape index (κ1) is 17.1. The van der Waals surface area contributed by atoms with Crippen molar-refractivity contribution in [3.63, 3.8) is 0 Å². The van der Waals surface area contributed by atoms with Gasteiger partial charge in [-0.2, -0.15) is 0 Å². The molecule has 0 radical (unpaired) electrons. The third-order valence-electron chi connectivity index (χ3n) is 5.24. The third kappa shape index (κ3) is 3.32. The van der Waals surface area contributed by atoms with Gasteiger partial charge in [0.05, 0.1) is 25.2 Å². The van der Waals surface area contributed by atoms with E-state index in [9.17, 15) is 9.59 Å². The summed E-state index contributed by atoms with van der Waals surface area (Å²) in [6.07, 6.45) is 5.13. The number of nitrogens with zero attached hydrogens (tertiary/aromatic N) is 3. The Kier molecular flexibility index (Phi) is 4.65. The number of aryl methyl sites for hydroxylation is 1. The molecule has 2 aliphatic rings. The van der Waals surface area contributed by atoms with Gasteiger partial charge < -0.3 is 18.6 Å². The lowest BCUT2D eigenvalue weighted by atomic mass is 10.1. The van der Waals surface area contributed by atoms with Crippen LogP contribution in [-0.2, 0) is 18.3 Å². The van der Waals surface area contributed by atoms with E-state index in [-0.39, 0.29) is 29.1 Å². The van der Waals surface area contributed by atoms with E-state index in [0.29, 0.717) is 19.7 Å². The van der Waals surface area contributed by atoms with Crippen LogP contribution in [0.1, 0.15) is 15.9 Å². The van der Waals surface area contributed by atoms with Crippen LogP contribution >= 0.6 is 0 Å². The van der Waals surface area contributed by atoms with Gasteiger partial charge in [0.1, 0.15) is 5.56 Å². The molecule has 0 saturated carbocycles. The molecule has 2 aromatic heterocycles. The number of ether oxygens (including phenoxy) is 1. The number of pyridine rings is 1. The summed E-state index contributed by atoms with van der Waals surface area (Å²) in [6.45, 7) is 4.35. The van der Waals surface area contributed by atoms with Gasteiger partial charge in [-0.1, -0.05) is 0 Å². The van der Waals surface area contributed by atoms with Crippen LogP contribution in [0.2, 0.25) is 0 Å². The van der Waals surface area contributed by atoms with Crippen LogP contribution in [0.5, 0.6) is 0 Å². The standard InChI is InChI=1S/C19H23N3O4/c1-20-5-2-3-16(18(20)23)19(24)22-11-15-10-21(6-8-26-17(15)12-22)9-14-4-7-25-13-14/h2-5,7,13,15,17H,6,8-12H2,1H3/t15-,17+/m0/s1. The third-order valence-corrected chi connectivity index (χ3v) is 5.24. The predicted octanol–water partition coefficient (Wildman–Crippen LogP) is 0.951. The lowest BCUT2D eigenvalue weighted by molar-refractivity contribution is 0.0483. The molecule has 2 aromatic rings. The minimum absolute atomic E-state index is 0.0286. The number of amides is 1. The topological polar surface area (TPSA) is 67.9 Å². The molecule has 0 spiro atoms. The summed E-state index contributed by atoms with van der Waals surface area (Å²) < 4.78 is 12.6. The van der Waals surface area contributed by atoms with Crippen LogP contribution in [0.4, 0.5) is 0 Å². The highest BCUT2D eigenvalue weighted by atomic mass is 16.5. The summed E-state index contributed by atoms with van der Waals surface area (Å²) in [4.78, 5) is 29.1. The largest absolute Gasteiger partial charge is 0.472 e. The number of fused-ring (bicyclic) bond motifs is 1. The Morgan fingerprint density at radius 3 is 2.96 bits per heavy atom. The van der Waals surface area contributed by atoms with Crippen LogP contribution < -0.4 is 5.56 Å². The van der Waals surface area contributed by atoms with Crippen molar-refractivity contribution in [3.05, 3.63) is 58.4 Å². The summed E-state index contributed by atoms with van der Waals surface area (Å²) in [7, 11) is 1.66. The number of carbonyl (C=O) groups excluding carboxylic acids is 1. The maximum absolute atomic E-state index is 12.8. The minimum Gasteiger partial charge on any atom is -0.472 e. The molecule has 0 unspecified atom stereocenters. The van der Waals surface area contributed by atoms with Gasteiger partial charge in [-0.15, -0.1) is 0 Å². The first-order valence-electron chi connectivity index (χ1n) is 8.92. The molecular weight excluding hydrogens is 334 g/mol. The molecule has 2 saturated heterocycles. The highest BCUT2D eigenvalue weighted by molar-refractivity contribution is 5.94. The number of furan rings is 1. The molecule has 2 atom stereocenters. The SMILES string of the molecule is Cn1cccc(C(=O)N2C[C@@H]3CN(Cc4ccoc4)CCO[C@@H]3C2)c1=O. The molecule has 7 nitrogen and oxygen atoms in total. The lowest BCUT2D eigenvalue weighted by Crippen LogP contribution is -2.36. The first-order chi connectivity index (χ1) is 12.6. The zero-order valence-corrected chi connectivity index (χ0v) is 14.8. The number of aromatic nitrogens is 1. The van der Waals surface area contributed by atoms with E-state index >= 15 is 0 Å². The van der Waals surface area contributed by atoms with Crippen LogP contribution in [0.15, 0.2) is 46.1 Å². The quantitative estimate of drug-likeness (QED) is 0.818. The van der Waals surface area contributed by atoms with Gasteiger partial charge in [-0.05, 0) is 18.2 Å². The molecular formula is C19H23N3O4. The highest BCUT2D eigenvalue weighted by Gasteiger charge is 2.39. The Bertz CT molecular complexity index is 830. The molecule has 26 heavy (non-hydrogen) atoms. The summed E-state index contributed by atoms with van der Waals surface area (Å²) in [6, 6.07) is 5.30. The Balaban J connectivity index is 1.45. The van der Waals surface area contributed by atoms with Crippen molar-refractivity contribution in [3.8, 4) is 0 Å². The van der Waals surface area contributed by atoms with E-state index in [1.54, 1.807) is 42.8 Å². The van der Waals surface area contributed by atoms with E-state index in [2.05, 4.69) is 4.90 Å². The number of carbonyl (C=O) groups is 1. The van der Waals surface area contributed by atoms with Gasteiger partial charge >= 0.3 is 0 Å². The summed E-state index contributed by atoms with van der Waals surface area (Å²) in [5, 5.41) is 0. The van der Waals surface area contributed by atoms with Gasteiger partial charge in [0, 0.05) is 57.4 Å². The monoisotopic (exact) mass is 357 g/mol. The molecule has 0 aromatic carbocycles. The molecule has 1 amide bonds. The molecule has 138 valence electrons. The normalized spacial score (nSPS) is 23.7. The minimum atomic E-state index is -0.257. The van der Waals surface area contributed by atoms with Gasteiger partial charge in [0.25, 0.3) is 11.5 Å². The predicted molar refractivity (Wildman–Crippen MR) is 94.8 cm³/mol. The van der Waals surface area contributed by atoms with E-state index in [0.717, 1.165) is 25.2 Å². The van der Waals surface area contributed by atoms with Crippen molar-refractivity contribution in [2.75, 3.05) is 32.8 Å². The smallest absolute Gasteiger partial charge is 0.263 e. The van der Waals surface area contributed by atoms with Crippen molar-refractivity contribution >= 4 is 5.91 Å². The zero-order chi connectivity index (χ0) is 18.1. The average Bonchev–Trinajstić information content (AvgIpc) is 3.23.